The van der Waals surface area contributed by atoms with E-state index in [9.17, 15) is 18.0 Å². The summed E-state index contributed by atoms with van der Waals surface area (Å²) in [6, 6.07) is 2.02. The van der Waals surface area contributed by atoms with Crippen molar-refractivity contribution in [3.8, 4) is 0 Å². The fourth-order valence-corrected chi connectivity index (χ4v) is 3.07. The monoisotopic (exact) mass is 347 g/mol. The highest BCUT2D eigenvalue weighted by Gasteiger charge is 2.29. The van der Waals surface area contributed by atoms with Crippen LogP contribution in [0.1, 0.15) is 37.1 Å². The van der Waals surface area contributed by atoms with Gasteiger partial charge in [0.25, 0.3) is 0 Å². The molecule has 0 aliphatic carbocycles. The molecule has 136 valence electrons. The lowest BCUT2D eigenvalue weighted by Gasteiger charge is -2.36. The fraction of sp³-hybridized carbons (Fsp3) is 0.750. The topological polar surface area (TPSA) is 47.4 Å². The second kappa shape index (κ2) is 8.00. The summed E-state index contributed by atoms with van der Waals surface area (Å²) in [6.45, 7) is 3.64. The Morgan fingerprint density at radius 3 is 2.75 bits per heavy atom. The zero-order valence-corrected chi connectivity index (χ0v) is 14.1. The Balaban J connectivity index is 1.88. The predicted molar refractivity (Wildman–Crippen MR) is 82.5 cm³/mol. The van der Waals surface area contributed by atoms with E-state index < -0.39 is 12.8 Å². The molecule has 24 heavy (non-hydrogen) atoms. The summed E-state index contributed by atoms with van der Waals surface area (Å²) in [4.78, 5) is 14.1. The average Bonchev–Trinajstić information content (AvgIpc) is 2.81. The van der Waals surface area contributed by atoms with Crippen molar-refractivity contribution in [2.45, 2.75) is 58.3 Å². The summed E-state index contributed by atoms with van der Waals surface area (Å²) in [6.07, 6.45) is -1.54. The number of hydrogen-bond donors (Lipinski definition) is 0. The minimum Gasteiger partial charge on any atom is -0.372 e. The number of alkyl halides is 3. The standard InChI is InChI=1S/C16H24F3N3O2/c1-12-9-13(2)22(20-12)10-14-5-3-4-7-21(14)15(23)6-8-24-11-16(17,18)19/h9,14H,3-8,10-11H2,1-2H3. The number of nitrogens with zero attached hydrogens (tertiary/aromatic N) is 3. The molecule has 0 radical (unpaired) electrons. The first-order valence-corrected chi connectivity index (χ1v) is 8.21. The number of ether oxygens (including phenoxy) is 1. The largest absolute Gasteiger partial charge is 0.411 e. The zero-order chi connectivity index (χ0) is 17.7. The van der Waals surface area contributed by atoms with E-state index in [4.69, 9.17) is 0 Å². The number of carbonyl (C=O) groups excluding carboxylic acids is 1. The summed E-state index contributed by atoms with van der Waals surface area (Å²) in [5.41, 5.74) is 1.97. The fourth-order valence-electron chi connectivity index (χ4n) is 3.07. The lowest BCUT2D eigenvalue weighted by atomic mass is 10.0. The number of aromatic nitrogens is 2. The molecule has 0 spiro atoms. The molecule has 1 amide bonds. The number of halogens is 3. The molecule has 2 rings (SSSR count). The smallest absolute Gasteiger partial charge is 0.372 e. The van der Waals surface area contributed by atoms with Crippen LogP contribution in [0.3, 0.4) is 0 Å². The van der Waals surface area contributed by atoms with Crippen LogP contribution >= 0.6 is 0 Å². The van der Waals surface area contributed by atoms with Crippen molar-refractivity contribution in [2.24, 2.45) is 0 Å². The van der Waals surface area contributed by atoms with Gasteiger partial charge < -0.3 is 9.64 Å². The van der Waals surface area contributed by atoms with Gasteiger partial charge in [0.05, 0.1) is 31.3 Å². The number of rotatable bonds is 6. The van der Waals surface area contributed by atoms with Crippen LogP contribution < -0.4 is 0 Å². The third-order valence-electron chi connectivity index (χ3n) is 4.16. The summed E-state index contributed by atoms with van der Waals surface area (Å²) in [5.74, 6) is -0.150. The summed E-state index contributed by atoms with van der Waals surface area (Å²) >= 11 is 0. The predicted octanol–water partition coefficient (Wildman–Crippen LogP) is 2.85. The van der Waals surface area contributed by atoms with E-state index in [0.29, 0.717) is 13.1 Å². The highest BCUT2D eigenvalue weighted by molar-refractivity contribution is 5.76. The van der Waals surface area contributed by atoms with E-state index >= 15 is 0 Å². The van der Waals surface area contributed by atoms with Gasteiger partial charge in [-0.05, 0) is 39.2 Å². The van der Waals surface area contributed by atoms with Crippen molar-refractivity contribution in [3.05, 3.63) is 17.5 Å². The molecule has 5 nitrogen and oxygen atoms in total. The van der Waals surface area contributed by atoms with Gasteiger partial charge in [-0.25, -0.2) is 0 Å². The van der Waals surface area contributed by atoms with Crippen molar-refractivity contribution in [3.63, 3.8) is 0 Å². The molecule has 1 saturated heterocycles. The highest BCUT2D eigenvalue weighted by Crippen LogP contribution is 2.20. The van der Waals surface area contributed by atoms with Crippen LogP contribution in [0.2, 0.25) is 0 Å². The molecule has 1 atom stereocenters. The van der Waals surface area contributed by atoms with Crippen LogP contribution in [0.15, 0.2) is 6.07 Å². The van der Waals surface area contributed by atoms with Gasteiger partial charge in [-0.15, -0.1) is 0 Å². The molecule has 0 N–H and O–H groups in total. The number of carbonyl (C=O) groups is 1. The van der Waals surface area contributed by atoms with Gasteiger partial charge in [-0.2, -0.15) is 18.3 Å². The molecule has 1 aliphatic rings. The third-order valence-corrected chi connectivity index (χ3v) is 4.16. The number of piperidine rings is 1. The number of aryl methyl sites for hydroxylation is 2. The minimum atomic E-state index is -4.35. The Hall–Kier alpha value is -1.57. The van der Waals surface area contributed by atoms with E-state index in [1.807, 2.05) is 24.6 Å². The molecular formula is C16H24F3N3O2. The SMILES string of the molecule is Cc1cc(C)n(CC2CCCCN2C(=O)CCOCC(F)(F)F)n1. The summed E-state index contributed by atoms with van der Waals surface area (Å²) < 4.78 is 42.6. The van der Waals surface area contributed by atoms with Crippen LogP contribution in [0.4, 0.5) is 13.2 Å². The van der Waals surface area contributed by atoms with Crippen LogP contribution in [0, 0.1) is 13.8 Å². The molecule has 0 saturated carbocycles. The Morgan fingerprint density at radius 1 is 1.38 bits per heavy atom. The molecule has 2 heterocycles. The second-order valence-electron chi connectivity index (χ2n) is 6.26. The van der Waals surface area contributed by atoms with E-state index in [1.165, 1.54) is 0 Å². The van der Waals surface area contributed by atoms with Crippen molar-refractivity contribution in [1.82, 2.24) is 14.7 Å². The average molecular weight is 347 g/mol. The second-order valence-corrected chi connectivity index (χ2v) is 6.26. The Labute approximate surface area is 139 Å². The molecule has 1 aromatic rings. The van der Waals surface area contributed by atoms with Gasteiger partial charge in [-0.3, -0.25) is 9.48 Å². The maximum Gasteiger partial charge on any atom is 0.411 e. The molecule has 0 bridgehead atoms. The van der Waals surface area contributed by atoms with E-state index in [-0.39, 0.29) is 25.0 Å². The zero-order valence-electron chi connectivity index (χ0n) is 14.1. The first-order chi connectivity index (χ1) is 11.3. The molecule has 1 aromatic heterocycles. The normalized spacial score (nSPS) is 18.9. The van der Waals surface area contributed by atoms with Crippen LogP contribution in [-0.4, -0.2) is 52.6 Å². The third kappa shape index (κ3) is 5.51. The maximum atomic E-state index is 12.3. The van der Waals surface area contributed by atoms with Crippen molar-refractivity contribution >= 4 is 5.91 Å². The van der Waals surface area contributed by atoms with Crippen LogP contribution in [0.5, 0.6) is 0 Å². The Kier molecular flexibility index (Phi) is 6.26. The van der Waals surface area contributed by atoms with E-state index in [2.05, 4.69) is 9.84 Å². The number of likely N-dealkylation sites (tertiary alicyclic amines) is 1. The number of hydrogen-bond acceptors (Lipinski definition) is 3. The lowest BCUT2D eigenvalue weighted by Crippen LogP contribution is -2.46. The summed E-state index contributed by atoms with van der Waals surface area (Å²) in [5, 5.41) is 4.43. The van der Waals surface area contributed by atoms with Crippen LogP contribution in [-0.2, 0) is 16.1 Å². The number of amides is 1. The molecule has 0 aromatic carbocycles. The quantitative estimate of drug-likeness (QED) is 0.744. The Bertz CT molecular complexity index is 557. The van der Waals surface area contributed by atoms with Crippen molar-refractivity contribution in [1.29, 1.82) is 0 Å². The van der Waals surface area contributed by atoms with Gasteiger partial charge in [0.15, 0.2) is 0 Å². The Morgan fingerprint density at radius 2 is 2.12 bits per heavy atom. The van der Waals surface area contributed by atoms with Gasteiger partial charge in [0.2, 0.25) is 5.91 Å². The lowest BCUT2D eigenvalue weighted by molar-refractivity contribution is -0.175. The van der Waals surface area contributed by atoms with Gasteiger partial charge >= 0.3 is 6.18 Å². The highest BCUT2D eigenvalue weighted by atomic mass is 19.4. The van der Waals surface area contributed by atoms with Gasteiger partial charge in [-0.1, -0.05) is 0 Å². The van der Waals surface area contributed by atoms with E-state index in [0.717, 1.165) is 30.7 Å². The minimum absolute atomic E-state index is 0.0241. The van der Waals surface area contributed by atoms with Crippen LogP contribution in [0.25, 0.3) is 0 Å². The van der Waals surface area contributed by atoms with Crippen molar-refractivity contribution < 1.29 is 22.7 Å². The van der Waals surface area contributed by atoms with E-state index in [1.54, 1.807) is 4.90 Å². The molecule has 1 aliphatic heterocycles. The molecular weight excluding hydrogens is 323 g/mol. The van der Waals surface area contributed by atoms with Gasteiger partial charge in [0, 0.05) is 12.2 Å². The summed E-state index contributed by atoms with van der Waals surface area (Å²) in [7, 11) is 0. The molecule has 1 unspecified atom stereocenters. The first-order valence-electron chi connectivity index (χ1n) is 8.21. The van der Waals surface area contributed by atoms with Crippen molar-refractivity contribution in [2.75, 3.05) is 19.8 Å². The maximum absolute atomic E-state index is 12.3. The van der Waals surface area contributed by atoms with Gasteiger partial charge in [0.1, 0.15) is 6.61 Å². The molecule has 8 heteroatoms. The first kappa shape index (κ1) is 18.8. The molecule has 1 fully saturated rings.